The number of ether oxygens (including phenoxy) is 1. The summed E-state index contributed by atoms with van der Waals surface area (Å²) in [5.41, 5.74) is 7.86. The molecule has 0 bridgehead atoms. The second-order valence-electron chi connectivity index (χ2n) is 8.18. The Labute approximate surface area is 220 Å². The molecule has 0 aliphatic heterocycles. The molecule has 2 heterocycles. The van der Waals surface area contributed by atoms with Crippen molar-refractivity contribution >= 4 is 46.4 Å². The monoisotopic (exact) mass is 589 g/mol. The number of carbonyl (C=O) groups excluding carboxylic acids is 1. The summed E-state index contributed by atoms with van der Waals surface area (Å²) in [6.07, 6.45) is 1.06. The summed E-state index contributed by atoms with van der Waals surface area (Å²) in [4.78, 5) is 35.1. The fourth-order valence-corrected chi connectivity index (χ4v) is 5.05. The Morgan fingerprint density at radius 1 is 1.19 bits per heavy atom. The van der Waals surface area contributed by atoms with Gasteiger partial charge in [0.1, 0.15) is 13.0 Å². The minimum absolute atomic E-state index is 0.00304. The third-order valence-corrected chi connectivity index (χ3v) is 7.34. The Kier molecular flexibility index (Phi) is 8.67. The van der Waals surface area contributed by atoms with Crippen LogP contribution in [-0.4, -0.2) is 44.9 Å². The van der Waals surface area contributed by atoms with Crippen LogP contribution in [0.1, 0.15) is 21.5 Å². The number of aromatic nitrogens is 4. The molecule has 194 valence electrons. The number of aromatic amines is 1. The van der Waals surface area contributed by atoms with Crippen LogP contribution >= 0.6 is 23.5 Å². The van der Waals surface area contributed by atoms with Gasteiger partial charge in [0.15, 0.2) is 16.9 Å². The van der Waals surface area contributed by atoms with E-state index in [0.29, 0.717) is 11.2 Å². The molecule has 4 rings (SSSR count). The zero-order valence-electron chi connectivity index (χ0n) is 19.9. The van der Waals surface area contributed by atoms with Gasteiger partial charge in [-0.3, -0.25) is 23.7 Å². The summed E-state index contributed by atoms with van der Waals surface area (Å²) in [6, 6.07) is 14.3. The SMILES string of the molecule is Cc1ccc(C(=O)COP(=O)(COCCn2cnc3c(=O)[nH]c(N)nc32)OCc2cccc(Br)c2)cc1. The first-order valence-corrected chi connectivity index (χ1v) is 13.8. The topological polar surface area (TPSA) is 151 Å². The molecular weight excluding hydrogens is 565 g/mol. The lowest BCUT2D eigenvalue weighted by molar-refractivity contribution is 0.0855. The first kappa shape index (κ1) is 26.9. The summed E-state index contributed by atoms with van der Waals surface area (Å²) < 4.78 is 32.7. The number of ketones is 1. The number of carbonyl (C=O) groups is 1. The molecule has 0 radical (unpaired) electrons. The Hall–Kier alpha value is -3.15. The van der Waals surface area contributed by atoms with Crippen LogP contribution in [0.4, 0.5) is 5.95 Å². The van der Waals surface area contributed by atoms with Gasteiger partial charge in [0.2, 0.25) is 5.95 Å². The van der Waals surface area contributed by atoms with Crippen LogP contribution in [0.3, 0.4) is 0 Å². The van der Waals surface area contributed by atoms with E-state index in [1.165, 1.54) is 6.33 Å². The minimum atomic E-state index is -3.83. The normalized spacial score (nSPS) is 13.0. The van der Waals surface area contributed by atoms with E-state index >= 15 is 0 Å². The van der Waals surface area contributed by atoms with Crippen molar-refractivity contribution in [3.8, 4) is 0 Å². The van der Waals surface area contributed by atoms with Gasteiger partial charge in [0.25, 0.3) is 5.56 Å². The van der Waals surface area contributed by atoms with Crippen LogP contribution in [0.2, 0.25) is 0 Å². The predicted molar refractivity (Wildman–Crippen MR) is 141 cm³/mol. The van der Waals surface area contributed by atoms with Crippen LogP contribution in [0.25, 0.3) is 11.2 Å². The number of hydrogen-bond donors (Lipinski definition) is 2. The largest absolute Gasteiger partial charge is 0.369 e. The molecule has 2 aromatic heterocycles. The predicted octanol–water partition coefficient (Wildman–Crippen LogP) is 4.06. The molecule has 0 aliphatic carbocycles. The first-order chi connectivity index (χ1) is 17.7. The Balaban J connectivity index is 1.40. The van der Waals surface area contributed by atoms with Crippen LogP contribution < -0.4 is 11.3 Å². The fraction of sp³-hybridized carbons (Fsp3) is 0.250. The van der Waals surface area contributed by atoms with Crippen LogP contribution in [0.5, 0.6) is 0 Å². The highest BCUT2D eigenvalue weighted by Gasteiger charge is 2.27. The van der Waals surface area contributed by atoms with E-state index < -0.39 is 19.8 Å². The Morgan fingerprint density at radius 2 is 1.97 bits per heavy atom. The summed E-state index contributed by atoms with van der Waals surface area (Å²) >= 11 is 3.39. The molecule has 37 heavy (non-hydrogen) atoms. The third-order valence-electron chi connectivity index (χ3n) is 5.30. The number of halogens is 1. The lowest BCUT2D eigenvalue weighted by Crippen LogP contribution is -2.14. The van der Waals surface area contributed by atoms with Crippen molar-refractivity contribution < 1.29 is 23.1 Å². The van der Waals surface area contributed by atoms with Crippen LogP contribution in [0.15, 0.2) is 64.1 Å². The highest BCUT2D eigenvalue weighted by molar-refractivity contribution is 9.10. The quantitative estimate of drug-likeness (QED) is 0.141. The number of nitrogen functional groups attached to an aromatic ring is 1. The number of benzene rings is 2. The second kappa shape index (κ2) is 11.9. The Morgan fingerprint density at radius 3 is 2.73 bits per heavy atom. The van der Waals surface area contributed by atoms with Crippen molar-refractivity contribution in [3.05, 3.63) is 86.4 Å². The van der Waals surface area contributed by atoms with Crippen molar-refractivity contribution in [2.24, 2.45) is 0 Å². The number of rotatable bonds is 12. The smallest absolute Gasteiger partial charge is 0.356 e. The van der Waals surface area contributed by atoms with E-state index in [2.05, 4.69) is 30.9 Å². The second-order valence-corrected chi connectivity index (χ2v) is 11.1. The third kappa shape index (κ3) is 7.21. The highest BCUT2D eigenvalue weighted by Crippen LogP contribution is 2.49. The zero-order valence-corrected chi connectivity index (χ0v) is 22.4. The van der Waals surface area contributed by atoms with E-state index in [-0.39, 0.29) is 43.4 Å². The number of nitrogens with one attached hydrogen (secondary N) is 1. The number of hydrogen-bond acceptors (Lipinski definition) is 9. The van der Waals surface area contributed by atoms with Crippen molar-refractivity contribution in [2.45, 2.75) is 20.1 Å². The van der Waals surface area contributed by atoms with E-state index in [1.807, 2.05) is 43.3 Å². The average Bonchev–Trinajstić information content (AvgIpc) is 3.28. The summed E-state index contributed by atoms with van der Waals surface area (Å²) in [5, 5.41) is 0. The van der Waals surface area contributed by atoms with Gasteiger partial charge in [-0.2, -0.15) is 4.98 Å². The van der Waals surface area contributed by atoms with E-state index in [1.54, 1.807) is 16.7 Å². The standard InChI is InChI=1S/C24H25BrN5O6P/c1-16-5-7-18(8-6-16)20(31)13-36-37(33,35-12-17-3-2-4-19(25)11-17)15-34-10-9-30-14-27-21-22(30)28-24(26)29-23(21)32/h2-8,11,14H,9-10,12-13,15H2,1H3,(H3,26,28,29,32). The van der Waals surface area contributed by atoms with Gasteiger partial charge in [0, 0.05) is 16.6 Å². The maximum atomic E-state index is 13.5. The summed E-state index contributed by atoms with van der Waals surface area (Å²) in [6.45, 7) is 1.82. The maximum absolute atomic E-state index is 13.5. The van der Waals surface area contributed by atoms with Gasteiger partial charge < -0.3 is 19.6 Å². The van der Waals surface area contributed by atoms with Crippen molar-refractivity contribution in [1.29, 1.82) is 0 Å². The molecule has 3 N–H and O–H groups in total. The molecule has 0 amide bonds. The summed E-state index contributed by atoms with van der Waals surface area (Å²) in [5.74, 6) is -0.359. The van der Waals surface area contributed by atoms with Gasteiger partial charge in [-0.05, 0) is 24.6 Å². The van der Waals surface area contributed by atoms with E-state index in [0.717, 1.165) is 15.6 Å². The van der Waals surface area contributed by atoms with Crippen molar-refractivity contribution in [2.75, 3.05) is 25.3 Å². The van der Waals surface area contributed by atoms with Crippen LogP contribution in [-0.2, 0) is 31.5 Å². The van der Waals surface area contributed by atoms with Gasteiger partial charge in [0.05, 0.1) is 19.5 Å². The molecular formula is C24H25BrN5O6P. The number of nitrogens with two attached hydrogens (primary N) is 1. The Bertz CT molecular complexity index is 1500. The van der Waals surface area contributed by atoms with E-state index in [9.17, 15) is 14.2 Å². The molecule has 11 nitrogen and oxygen atoms in total. The van der Waals surface area contributed by atoms with Gasteiger partial charge in [-0.1, -0.05) is 57.9 Å². The molecule has 1 atom stereocenters. The molecule has 0 aliphatic rings. The number of Topliss-reactive ketones (excluding diaryl/α,β-unsaturated/α-hetero) is 1. The number of aryl methyl sites for hydroxylation is 1. The van der Waals surface area contributed by atoms with Gasteiger partial charge in [-0.25, -0.2) is 4.98 Å². The molecule has 1 unspecified atom stereocenters. The molecule has 0 saturated heterocycles. The van der Waals surface area contributed by atoms with Crippen molar-refractivity contribution in [1.82, 2.24) is 19.5 Å². The minimum Gasteiger partial charge on any atom is -0.369 e. The number of anilines is 1. The zero-order chi connectivity index (χ0) is 26.4. The number of H-pyrrole nitrogens is 1. The van der Waals surface area contributed by atoms with E-state index in [4.69, 9.17) is 19.5 Å². The van der Waals surface area contributed by atoms with Gasteiger partial charge >= 0.3 is 7.60 Å². The lowest BCUT2D eigenvalue weighted by atomic mass is 10.1. The lowest BCUT2D eigenvalue weighted by Gasteiger charge is -2.19. The fourth-order valence-electron chi connectivity index (χ4n) is 3.36. The molecule has 4 aromatic rings. The number of imidazole rings is 1. The molecule has 2 aromatic carbocycles. The van der Waals surface area contributed by atoms with Crippen LogP contribution in [0, 0.1) is 6.92 Å². The average molecular weight is 590 g/mol. The maximum Gasteiger partial charge on any atom is 0.356 e. The molecule has 0 spiro atoms. The first-order valence-electron chi connectivity index (χ1n) is 11.2. The summed E-state index contributed by atoms with van der Waals surface area (Å²) in [7, 11) is -3.83. The number of nitrogens with zero attached hydrogens (tertiary/aromatic N) is 3. The highest BCUT2D eigenvalue weighted by atomic mass is 79.9. The molecule has 13 heteroatoms. The molecule has 0 fully saturated rings. The number of fused-ring (bicyclic) bond motifs is 1. The van der Waals surface area contributed by atoms with Gasteiger partial charge in [-0.15, -0.1) is 0 Å². The molecule has 0 saturated carbocycles. The van der Waals surface area contributed by atoms with Crippen molar-refractivity contribution in [3.63, 3.8) is 0 Å².